The predicted octanol–water partition coefficient (Wildman–Crippen LogP) is 0.817. The molecule has 1 fully saturated rings. The lowest BCUT2D eigenvalue weighted by Gasteiger charge is -2.08. The van der Waals surface area contributed by atoms with Gasteiger partial charge in [0.05, 0.1) is 6.54 Å². The topological polar surface area (TPSA) is 85.3 Å². The van der Waals surface area contributed by atoms with Crippen molar-refractivity contribution in [1.29, 1.82) is 0 Å². The fraction of sp³-hybridized carbons (Fsp3) is 0.600. The highest BCUT2D eigenvalue weighted by molar-refractivity contribution is 7.89. The molecule has 1 aliphatic rings. The van der Waals surface area contributed by atoms with Gasteiger partial charge in [-0.05, 0) is 30.4 Å². The summed E-state index contributed by atoms with van der Waals surface area (Å²) in [6.07, 6.45) is 2.14. The molecule has 0 radical (unpaired) electrons. The van der Waals surface area contributed by atoms with Gasteiger partial charge in [0.1, 0.15) is 5.76 Å². The SMILES string of the molecule is CC1(CNS(=O)(=O)c2ccc(CN)o2)CC1. The molecule has 1 aromatic rings. The van der Waals surface area contributed by atoms with Crippen molar-refractivity contribution in [2.45, 2.75) is 31.4 Å². The van der Waals surface area contributed by atoms with E-state index in [0.29, 0.717) is 12.3 Å². The van der Waals surface area contributed by atoms with Gasteiger partial charge in [0.25, 0.3) is 10.0 Å². The Labute approximate surface area is 95.1 Å². The zero-order valence-electron chi connectivity index (χ0n) is 9.19. The van der Waals surface area contributed by atoms with Crippen LogP contribution in [0.25, 0.3) is 0 Å². The third-order valence-corrected chi connectivity index (χ3v) is 4.17. The lowest BCUT2D eigenvalue weighted by Crippen LogP contribution is -2.28. The Kier molecular flexibility index (Phi) is 2.81. The van der Waals surface area contributed by atoms with E-state index >= 15 is 0 Å². The summed E-state index contributed by atoms with van der Waals surface area (Å²) in [5, 5.41) is -0.0581. The number of nitrogens with one attached hydrogen (secondary N) is 1. The molecule has 16 heavy (non-hydrogen) atoms. The Balaban J connectivity index is 2.06. The molecule has 5 nitrogen and oxygen atoms in total. The maximum Gasteiger partial charge on any atom is 0.273 e. The first kappa shape index (κ1) is 11.6. The third-order valence-electron chi connectivity index (χ3n) is 2.90. The molecule has 0 atom stereocenters. The largest absolute Gasteiger partial charge is 0.447 e. The van der Waals surface area contributed by atoms with E-state index in [2.05, 4.69) is 11.6 Å². The Morgan fingerprint density at radius 1 is 1.50 bits per heavy atom. The smallest absolute Gasteiger partial charge is 0.273 e. The van der Waals surface area contributed by atoms with E-state index in [9.17, 15) is 8.42 Å². The molecule has 0 aliphatic heterocycles. The Hall–Kier alpha value is -0.850. The van der Waals surface area contributed by atoms with Gasteiger partial charge in [-0.2, -0.15) is 0 Å². The molecule has 0 amide bonds. The first-order chi connectivity index (χ1) is 7.45. The zero-order valence-corrected chi connectivity index (χ0v) is 10.0. The van der Waals surface area contributed by atoms with Crippen LogP contribution in [0.15, 0.2) is 21.6 Å². The van der Waals surface area contributed by atoms with Crippen LogP contribution >= 0.6 is 0 Å². The highest BCUT2D eigenvalue weighted by Crippen LogP contribution is 2.44. The maximum atomic E-state index is 11.8. The summed E-state index contributed by atoms with van der Waals surface area (Å²) in [6, 6.07) is 3.01. The summed E-state index contributed by atoms with van der Waals surface area (Å²) in [5.74, 6) is 0.470. The fourth-order valence-corrected chi connectivity index (χ4v) is 2.49. The van der Waals surface area contributed by atoms with E-state index in [1.54, 1.807) is 6.07 Å². The van der Waals surface area contributed by atoms with E-state index in [0.717, 1.165) is 12.8 Å². The zero-order chi connectivity index (χ0) is 11.8. The molecule has 90 valence electrons. The highest BCUT2D eigenvalue weighted by Gasteiger charge is 2.38. The van der Waals surface area contributed by atoms with E-state index in [-0.39, 0.29) is 17.1 Å². The molecular weight excluding hydrogens is 228 g/mol. The van der Waals surface area contributed by atoms with Crippen molar-refractivity contribution in [1.82, 2.24) is 4.72 Å². The minimum absolute atomic E-state index is 0.0581. The van der Waals surface area contributed by atoms with Crippen LogP contribution in [0.3, 0.4) is 0 Å². The third kappa shape index (κ3) is 2.45. The molecule has 1 saturated carbocycles. The van der Waals surface area contributed by atoms with Gasteiger partial charge in [-0.1, -0.05) is 6.92 Å². The normalized spacial score (nSPS) is 18.6. The van der Waals surface area contributed by atoms with Crippen LogP contribution < -0.4 is 10.5 Å². The lowest BCUT2D eigenvalue weighted by molar-refractivity contribution is 0.410. The quantitative estimate of drug-likeness (QED) is 0.803. The van der Waals surface area contributed by atoms with Gasteiger partial charge in [0.2, 0.25) is 5.09 Å². The Bertz CT molecular complexity index is 474. The van der Waals surface area contributed by atoms with Crippen LogP contribution in [0.1, 0.15) is 25.5 Å². The van der Waals surface area contributed by atoms with Gasteiger partial charge in [-0.25, -0.2) is 13.1 Å². The van der Waals surface area contributed by atoms with Gasteiger partial charge in [0.15, 0.2) is 0 Å². The van der Waals surface area contributed by atoms with Crippen LogP contribution in [0.5, 0.6) is 0 Å². The van der Waals surface area contributed by atoms with Crippen LogP contribution in [-0.2, 0) is 16.6 Å². The maximum absolute atomic E-state index is 11.8. The Morgan fingerprint density at radius 2 is 2.19 bits per heavy atom. The van der Waals surface area contributed by atoms with Gasteiger partial charge in [-0.3, -0.25) is 0 Å². The average molecular weight is 244 g/mol. The van der Waals surface area contributed by atoms with Crippen LogP contribution in [0.2, 0.25) is 0 Å². The minimum atomic E-state index is -3.51. The Morgan fingerprint density at radius 3 is 2.69 bits per heavy atom. The minimum Gasteiger partial charge on any atom is -0.447 e. The van der Waals surface area contributed by atoms with E-state index in [1.807, 2.05) is 0 Å². The van der Waals surface area contributed by atoms with Crippen molar-refractivity contribution < 1.29 is 12.8 Å². The average Bonchev–Trinajstić information content (AvgIpc) is 2.81. The fourth-order valence-electron chi connectivity index (χ4n) is 1.34. The summed E-state index contributed by atoms with van der Waals surface area (Å²) in [5.41, 5.74) is 5.49. The van der Waals surface area contributed by atoms with Crippen molar-refractivity contribution in [3.05, 3.63) is 17.9 Å². The summed E-state index contributed by atoms with van der Waals surface area (Å²) in [4.78, 5) is 0. The van der Waals surface area contributed by atoms with Gasteiger partial charge in [0, 0.05) is 6.54 Å². The number of hydrogen-bond acceptors (Lipinski definition) is 4. The molecule has 0 saturated heterocycles. The molecular formula is C10H16N2O3S. The molecule has 6 heteroatoms. The summed E-state index contributed by atoms with van der Waals surface area (Å²) < 4.78 is 31.2. The second-order valence-electron chi connectivity index (χ2n) is 4.56. The number of furan rings is 1. The first-order valence-electron chi connectivity index (χ1n) is 5.24. The first-order valence-corrected chi connectivity index (χ1v) is 6.72. The van der Waals surface area contributed by atoms with Gasteiger partial charge < -0.3 is 10.2 Å². The van der Waals surface area contributed by atoms with Crippen LogP contribution in [0, 0.1) is 5.41 Å². The monoisotopic (exact) mass is 244 g/mol. The van der Waals surface area contributed by atoms with Crippen LogP contribution in [-0.4, -0.2) is 15.0 Å². The second-order valence-corrected chi connectivity index (χ2v) is 6.26. The molecule has 0 aromatic carbocycles. The molecule has 3 N–H and O–H groups in total. The molecule has 1 aromatic heterocycles. The molecule has 0 bridgehead atoms. The number of sulfonamides is 1. The standard InChI is InChI=1S/C10H16N2O3S/c1-10(4-5-10)7-12-16(13,14)9-3-2-8(6-11)15-9/h2-3,12H,4-7,11H2,1H3. The van der Waals surface area contributed by atoms with Gasteiger partial charge in [-0.15, -0.1) is 0 Å². The molecule has 0 spiro atoms. The summed E-state index contributed by atoms with van der Waals surface area (Å²) in [6.45, 7) is 2.73. The molecule has 1 heterocycles. The number of nitrogens with two attached hydrogens (primary N) is 1. The van der Waals surface area contributed by atoms with Crippen molar-refractivity contribution in [2.75, 3.05) is 6.54 Å². The van der Waals surface area contributed by atoms with Crippen LogP contribution in [0.4, 0.5) is 0 Å². The van der Waals surface area contributed by atoms with Crippen molar-refractivity contribution in [3.8, 4) is 0 Å². The lowest BCUT2D eigenvalue weighted by atomic mass is 10.2. The number of rotatable bonds is 5. The highest BCUT2D eigenvalue weighted by atomic mass is 32.2. The number of hydrogen-bond donors (Lipinski definition) is 2. The van der Waals surface area contributed by atoms with E-state index in [4.69, 9.17) is 10.2 Å². The van der Waals surface area contributed by atoms with Crippen molar-refractivity contribution in [3.63, 3.8) is 0 Å². The molecule has 1 aliphatic carbocycles. The second kappa shape index (κ2) is 3.87. The van der Waals surface area contributed by atoms with Crippen molar-refractivity contribution in [2.24, 2.45) is 11.1 Å². The summed E-state index contributed by atoms with van der Waals surface area (Å²) in [7, 11) is -3.51. The summed E-state index contributed by atoms with van der Waals surface area (Å²) >= 11 is 0. The molecule has 2 rings (SSSR count). The van der Waals surface area contributed by atoms with Crippen molar-refractivity contribution >= 4 is 10.0 Å². The molecule has 0 unspecified atom stereocenters. The van der Waals surface area contributed by atoms with Gasteiger partial charge >= 0.3 is 0 Å². The van der Waals surface area contributed by atoms with E-state index in [1.165, 1.54) is 6.07 Å². The van der Waals surface area contributed by atoms with E-state index < -0.39 is 10.0 Å². The predicted molar refractivity (Wildman–Crippen MR) is 59.1 cm³/mol.